The van der Waals surface area contributed by atoms with E-state index in [4.69, 9.17) is 44.3 Å². The Balaban J connectivity index is 1.99. The van der Waals surface area contributed by atoms with Crippen LogP contribution in [0, 0.1) is 0 Å². The molecule has 0 aliphatic heterocycles. The summed E-state index contributed by atoms with van der Waals surface area (Å²) in [5, 5.41) is 1.56. The lowest BCUT2D eigenvalue weighted by Gasteiger charge is -2.16. The number of methoxy groups -OCH3 is 1. The zero-order valence-electron chi connectivity index (χ0n) is 15.6. The summed E-state index contributed by atoms with van der Waals surface area (Å²) in [6, 6.07) is 16.1. The molecular formula is C22H14Cl3N3O2. The first kappa shape index (κ1) is 20.4. The molecule has 8 heteroatoms. The monoisotopic (exact) mass is 457 g/mol. The average Bonchev–Trinajstić information content (AvgIpc) is 2.75. The Bertz CT molecular complexity index is 1190. The van der Waals surface area contributed by atoms with Crippen molar-refractivity contribution in [3.8, 4) is 40.0 Å². The van der Waals surface area contributed by atoms with Crippen LogP contribution >= 0.6 is 34.8 Å². The third-order valence-corrected chi connectivity index (χ3v) is 5.01. The molecule has 5 nitrogen and oxygen atoms in total. The summed E-state index contributed by atoms with van der Waals surface area (Å²) >= 11 is 18.7. The van der Waals surface area contributed by atoms with Crippen molar-refractivity contribution in [2.75, 3.05) is 7.11 Å². The lowest BCUT2D eigenvalue weighted by atomic mass is 10.00. The normalized spacial score (nSPS) is 10.7. The van der Waals surface area contributed by atoms with Crippen LogP contribution in [0.15, 0.2) is 67.0 Å². The Labute approximate surface area is 188 Å². The maximum atomic E-state index is 6.50. The van der Waals surface area contributed by atoms with Crippen molar-refractivity contribution >= 4 is 34.8 Å². The molecule has 0 N–H and O–H groups in total. The zero-order chi connectivity index (χ0) is 21.1. The molecule has 0 fully saturated rings. The molecule has 0 bridgehead atoms. The van der Waals surface area contributed by atoms with Gasteiger partial charge in [-0.1, -0.05) is 46.9 Å². The van der Waals surface area contributed by atoms with Crippen molar-refractivity contribution in [1.29, 1.82) is 0 Å². The minimum atomic E-state index is 0.132. The van der Waals surface area contributed by atoms with Gasteiger partial charge in [0.2, 0.25) is 5.88 Å². The Morgan fingerprint density at radius 3 is 2.30 bits per heavy atom. The fourth-order valence-corrected chi connectivity index (χ4v) is 3.48. The summed E-state index contributed by atoms with van der Waals surface area (Å²) in [5.41, 5.74) is 2.61. The molecule has 150 valence electrons. The van der Waals surface area contributed by atoms with Gasteiger partial charge in [-0.2, -0.15) is 9.97 Å². The van der Waals surface area contributed by atoms with Crippen molar-refractivity contribution < 1.29 is 9.47 Å². The fourth-order valence-electron chi connectivity index (χ4n) is 2.86. The molecule has 2 aromatic carbocycles. The van der Waals surface area contributed by atoms with E-state index in [1.54, 1.807) is 54.9 Å². The van der Waals surface area contributed by atoms with E-state index in [2.05, 4.69) is 15.0 Å². The Kier molecular flexibility index (Phi) is 6.04. The van der Waals surface area contributed by atoms with E-state index < -0.39 is 0 Å². The Hall–Kier alpha value is -2.86. The number of hydrogen-bond acceptors (Lipinski definition) is 5. The third-order valence-electron chi connectivity index (χ3n) is 4.21. The number of halogens is 3. The largest absolute Gasteiger partial charge is 0.467 e. The van der Waals surface area contributed by atoms with Crippen molar-refractivity contribution in [3.05, 3.63) is 82.1 Å². The summed E-state index contributed by atoms with van der Waals surface area (Å²) in [6.07, 6.45) is 3.25. The number of pyridine rings is 1. The molecule has 4 aromatic rings. The van der Waals surface area contributed by atoms with Gasteiger partial charge in [-0.15, -0.1) is 0 Å². The van der Waals surface area contributed by atoms with Gasteiger partial charge in [0.05, 0.1) is 29.6 Å². The van der Waals surface area contributed by atoms with Gasteiger partial charge in [-0.05, 0) is 48.0 Å². The molecule has 4 rings (SSSR count). The van der Waals surface area contributed by atoms with Gasteiger partial charge in [-0.25, -0.2) is 0 Å². The minimum Gasteiger partial charge on any atom is -0.467 e. The molecule has 2 heterocycles. The van der Waals surface area contributed by atoms with E-state index in [0.717, 1.165) is 5.56 Å². The predicted molar refractivity (Wildman–Crippen MR) is 119 cm³/mol. The summed E-state index contributed by atoms with van der Waals surface area (Å²) < 4.78 is 11.4. The number of ether oxygens (including phenoxy) is 2. The summed E-state index contributed by atoms with van der Waals surface area (Å²) in [7, 11) is 1.48. The van der Waals surface area contributed by atoms with Crippen LogP contribution in [0.3, 0.4) is 0 Å². The maximum absolute atomic E-state index is 6.50. The average molecular weight is 459 g/mol. The first-order chi connectivity index (χ1) is 14.5. The zero-order valence-corrected chi connectivity index (χ0v) is 17.9. The van der Waals surface area contributed by atoms with Crippen LogP contribution in [0.5, 0.6) is 17.6 Å². The molecule has 0 saturated heterocycles. The second-order valence-electron chi connectivity index (χ2n) is 6.16. The molecule has 0 saturated carbocycles. The smallest absolute Gasteiger partial charge is 0.320 e. The molecule has 0 radical (unpaired) electrons. The minimum absolute atomic E-state index is 0.132. The van der Waals surface area contributed by atoms with E-state index in [9.17, 15) is 0 Å². The van der Waals surface area contributed by atoms with Gasteiger partial charge < -0.3 is 9.47 Å². The van der Waals surface area contributed by atoms with E-state index >= 15 is 0 Å². The van der Waals surface area contributed by atoms with E-state index in [-0.39, 0.29) is 11.9 Å². The van der Waals surface area contributed by atoms with Crippen LogP contribution < -0.4 is 9.47 Å². The molecule has 0 aliphatic rings. The van der Waals surface area contributed by atoms with Gasteiger partial charge in [0.1, 0.15) is 5.75 Å². The lowest BCUT2D eigenvalue weighted by molar-refractivity contribution is 0.367. The van der Waals surface area contributed by atoms with Gasteiger partial charge in [0, 0.05) is 21.8 Å². The molecule has 30 heavy (non-hydrogen) atoms. The highest BCUT2D eigenvalue weighted by Crippen LogP contribution is 2.42. The number of aromatic nitrogens is 3. The fraction of sp³-hybridized carbons (Fsp3) is 0.0455. The number of nitrogens with zero attached hydrogens (tertiary/aromatic N) is 3. The lowest BCUT2D eigenvalue weighted by Crippen LogP contribution is -2.02. The molecule has 0 aliphatic carbocycles. The van der Waals surface area contributed by atoms with Gasteiger partial charge in [0.15, 0.2) is 0 Å². The first-order valence-electron chi connectivity index (χ1n) is 8.80. The Morgan fingerprint density at radius 2 is 1.63 bits per heavy atom. The quantitative estimate of drug-likeness (QED) is 0.323. The predicted octanol–water partition coefficient (Wildman–Crippen LogP) is 6.97. The summed E-state index contributed by atoms with van der Waals surface area (Å²) in [4.78, 5) is 13.1. The maximum Gasteiger partial charge on any atom is 0.320 e. The highest BCUT2D eigenvalue weighted by molar-refractivity contribution is 6.36. The van der Waals surface area contributed by atoms with E-state index in [1.165, 1.54) is 7.11 Å². The Morgan fingerprint density at radius 1 is 0.867 bits per heavy atom. The molecule has 0 spiro atoms. The van der Waals surface area contributed by atoms with Gasteiger partial charge >= 0.3 is 6.01 Å². The van der Waals surface area contributed by atoms with Crippen LogP contribution in [-0.2, 0) is 0 Å². The third kappa shape index (κ3) is 4.33. The summed E-state index contributed by atoms with van der Waals surface area (Å²) in [5.74, 6) is 0.805. The van der Waals surface area contributed by atoms with E-state index in [1.807, 2.05) is 12.1 Å². The standard InChI is InChI=1S/C22H14Cl3N3O2/c1-29-22-27-20(17-9-8-15(24)11-18(17)25)19(13-4-6-14(23)7-5-13)21(28-22)30-16-3-2-10-26-12-16/h2-12H,1H3. The number of benzene rings is 2. The molecule has 0 unspecified atom stereocenters. The van der Waals surface area contributed by atoms with Crippen molar-refractivity contribution in [2.24, 2.45) is 0 Å². The van der Waals surface area contributed by atoms with Crippen LogP contribution in [0.4, 0.5) is 0 Å². The highest BCUT2D eigenvalue weighted by atomic mass is 35.5. The van der Waals surface area contributed by atoms with Crippen molar-refractivity contribution in [2.45, 2.75) is 0 Å². The molecule has 0 amide bonds. The van der Waals surface area contributed by atoms with Crippen LogP contribution in [-0.4, -0.2) is 22.1 Å². The second-order valence-corrected chi connectivity index (χ2v) is 7.44. The van der Waals surface area contributed by atoms with Crippen LogP contribution in [0.1, 0.15) is 0 Å². The highest BCUT2D eigenvalue weighted by Gasteiger charge is 2.22. The molecular weight excluding hydrogens is 445 g/mol. The van der Waals surface area contributed by atoms with Crippen molar-refractivity contribution in [3.63, 3.8) is 0 Å². The number of hydrogen-bond donors (Lipinski definition) is 0. The van der Waals surface area contributed by atoms with Gasteiger partial charge in [-0.3, -0.25) is 4.98 Å². The van der Waals surface area contributed by atoms with Crippen LogP contribution in [0.25, 0.3) is 22.4 Å². The summed E-state index contributed by atoms with van der Waals surface area (Å²) in [6.45, 7) is 0. The molecule has 2 aromatic heterocycles. The van der Waals surface area contributed by atoms with E-state index in [0.29, 0.717) is 37.6 Å². The van der Waals surface area contributed by atoms with Crippen LogP contribution in [0.2, 0.25) is 15.1 Å². The first-order valence-corrected chi connectivity index (χ1v) is 9.94. The molecule has 0 atom stereocenters. The van der Waals surface area contributed by atoms with Crippen molar-refractivity contribution in [1.82, 2.24) is 15.0 Å². The van der Waals surface area contributed by atoms with Gasteiger partial charge in [0.25, 0.3) is 0 Å². The second kappa shape index (κ2) is 8.88. The number of rotatable bonds is 5. The SMILES string of the molecule is COc1nc(Oc2cccnc2)c(-c2ccc(Cl)cc2)c(-c2ccc(Cl)cc2Cl)n1. The topological polar surface area (TPSA) is 57.1 Å².